The van der Waals surface area contributed by atoms with Crippen molar-refractivity contribution in [1.29, 1.82) is 0 Å². The van der Waals surface area contributed by atoms with Crippen molar-refractivity contribution in [2.75, 3.05) is 25.0 Å². The number of carbonyl (C=O) groups excluding carboxylic acids is 1. The van der Waals surface area contributed by atoms with Gasteiger partial charge in [-0.05, 0) is 44.0 Å². The monoisotopic (exact) mass is 398 g/mol. The molecular formula is C17H20F6N2O2. The largest absolute Gasteiger partial charge is 0.416 e. The molecule has 1 saturated heterocycles. The van der Waals surface area contributed by atoms with Crippen molar-refractivity contribution >= 4 is 11.6 Å². The zero-order valence-electron chi connectivity index (χ0n) is 14.3. The lowest BCUT2D eigenvalue weighted by atomic mass is 9.99. The van der Waals surface area contributed by atoms with Crippen molar-refractivity contribution < 1.29 is 36.2 Å². The van der Waals surface area contributed by atoms with Gasteiger partial charge in [0.25, 0.3) is 0 Å². The fourth-order valence-electron chi connectivity index (χ4n) is 3.16. The zero-order valence-corrected chi connectivity index (χ0v) is 14.3. The Balaban J connectivity index is 2.16. The standard InChI is InChI=1S/C17H20F6N2O2/c18-16(19,20)11-7-12(17(21,22)23)9-13(8-11)24-15(27)10-25-5-2-1-3-14(25)4-6-26/h7-9,14,26H,1-6,10H2,(H,24,27). The molecule has 152 valence electrons. The molecule has 1 unspecified atom stereocenters. The number of hydrogen-bond donors (Lipinski definition) is 2. The maximum Gasteiger partial charge on any atom is 0.416 e. The average Bonchev–Trinajstić information content (AvgIpc) is 2.55. The van der Waals surface area contributed by atoms with Crippen molar-refractivity contribution in [2.45, 2.75) is 44.1 Å². The lowest BCUT2D eigenvalue weighted by Gasteiger charge is -2.34. The van der Waals surface area contributed by atoms with Crippen molar-refractivity contribution in [3.05, 3.63) is 29.3 Å². The molecule has 0 saturated carbocycles. The Morgan fingerprint density at radius 1 is 1.07 bits per heavy atom. The summed E-state index contributed by atoms with van der Waals surface area (Å²) in [5.41, 5.74) is -3.52. The molecule has 1 aliphatic heterocycles. The third-order valence-electron chi connectivity index (χ3n) is 4.43. The van der Waals surface area contributed by atoms with Gasteiger partial charge < -0.3 is 10.4 Å². The number of hydrogen-bond acceptors (Lipinski definition) is 3. The third-order valence-corrected chi connectivity index (χ3v) is 4.43. The van der Waals surface area contributed by atoms with Crippen LogP contribution in [0.5, 0.6) is 0 Å². The second-order valence-electron chi connectivity index (χ2n) is 6.48. The summed E-state index contributed by atoms with van der Waals surface area (Å²) in [7, 11) is 0. The first-order valence-electron chi connectivity index (χ1n) is 8.45. The highest BCUT2D eigenvalue weighted by Crippen LogP contribution is 2.37. The number of aliphatic hydroxyl groups is 1. The van der Waals surface area contributed by atoms with Gasteiger partial charge in [-0.1, -0.05) is 6.42 Å². The number of carbonyl (C=O) groups is 1. The van der Waals surface area contributed by atoms with Crippen LogP contribution in [0.3, 0.4) is 0 Å². The summed E-state index contributed by atoms with van der Waals surface area (Å²) in [5.74, 6) is -0.702. The van der Waals surface area contributed by atoms with E-state index in [1.54, 1.807) is 4.90 Å². The molecule has 1 heterocycles. The first kappa shape index (κ1) is 21.5. The van der Waals surface area contributed by atoms with Gasteiger partial charge in [0, 0.05) is 18.3 Å². The summed E-state index contributed by atoms with van der Waals surface area (Å²) < 4.78 is 77.2. The first-order valence-corrected chi connectivity index (χ1v) is 8.45. The molecule has 27 heavy (non-hydrogen) atoms. The van der Waals surface area contributed by atoms with Gasteiger partial charge in [0.05, 0.1) is 17.7 Å². The van der Waals surface area contributed by atoms with E-state index in [2.05, 4.69) is 5.32 Å². The summed E-state index contributed by atoms with van der Waals surface area (Å²) in [6.45, 7) is 0.349. The van der Waals surface area contributed by atoms with Crippen LogP contribution in [-0.4, -0.2) is 41.7 Å². The molecule has 1 atom stereocenters. The molecule has 1 fully saturated rings. The van der Waals surface area contributed by atoms with Gasteiger partial charge in [0.15, 0.2) is 0 Å². The third kappa shape index (κ3) is 6.10. The number of amides is 1. The lowest BCUT2D eigenvalue weighted by molar-refractivity contribution is -0.143. The maximum atomic E-state index is 12.9. The Bertz CT molecular complexity index is 626. The quantitative estimate of drug-likeness (QED) is 0.740. The van der Waals surface area contributed by atoms with Crippen molar-refractivity contribution in [3.8, 4) is 0 Å². The SMILES string of the molecule is O=C(CN1CCCCC1CCO)Nc1cc(C(F)(F)F)cc(C(F)(F)F)c1. The fraction of sp³-hybridized carbons (Fsp3) is 0.588. The van der Waals surface area contributed by atoms with Crippen molar-refractivity contribution in [1.82, 2.24) is 4.90 Å². The lowest BCUT2D eigenvalue weighted by Crippen LogP contribution is -2.44. The van der Waals surface area contributed by atoms with E-state index in [-0.39, 0.29) is 25.3 Å². The summed E-state index contributed by atoms with van der Waals surface area (Å²) >= 11 is 0. The van der Waals surface area contributed by atoms with Crippen LogP contribution < -0.4 is 5.32 Å². The van der Waals surface area contributed by atoms with Crippen LogP contribution in [0.2, 0.25) is 0 Å². The number of benzene rings is 1. The van der Waals surface area contributed by atoms with Crippen LogP contribution in [0, 0.1) is 0 Å². The topological polar surface area (TPSA) is 52.6 Å². The van der Waals surface area contributed by atoms with Gasteiger partial charge in [-0.15, -0.1) is 0 Å². The van der Waals surface area contributed by atoms with Gasteiger partial charge in [0.1, 0.15) is 0 Å². The van der Waals surface area contributed by atoms with E-state index in [9.17, 15) is 31.1 Å². The first-order chi connectivity index (χ1) is 12.5. The van der Waals surface area contributed by atoms with E-state index in [1.165, 1.54) is 0 Å². The second kappa shape index (κ2) is 8.47. The molecule has 10 heteroatoms. The molecule has 1 aromatic rings. The van der Waals surface area contributed by atoms with Crippen LogP contribution in [0.4, 0.5) is 32.0 Å². The number of anilines is 1. The van der Waals surface area contributed by atoms with E-state index < -0.39 is 35.1 Å². The molecule has 1 aromatic carbocycles. The number of nitrogens with zero attached hydrogens (tertiary/aromatic N) is 1. The van der Waals surface area contributed by atoms with E-state index in [4.69, 9.17) is 5.11 Å². The van der Waals surface area contributed by atoms with Crippen LogP contribution in [-0.2, 0) is 17.1 Å². The number of aliphatic hydroxyl groups excluding tert-OH is 1. The smallest absolute Gasteiger partial charge is 0.396 e. The highest BCUT2D eigenvalue weighted by atomic mass is 19.4. The highest BCUT2D eigenvalue weighted by molar-refractivity contribution is 5.92. The maximum absolute atomic E-state index is 12.9. The molecule has 0 aromatic heterocycles. The molecule has 0 spiro atoms. The van der Waals surface area contributed by atoms with Crippen molar-refractivity contribution in [2.24, 2.45) is 0 Å². The minimum absolute atomic E-state index is 0.0115. The van der Waals surface area contributed by atoms with E-state index in [1.807, 2.05) is 0 Å². The second-order valence-corrected chi connectivity index (χ2v) is 6.48. The molecular weight excluding hydrogens is 378 g/mol. The zero-order chi connectivity index (χ0) is 20.2. The predicted octanol–water partition coefficient (Wildman–Crippen LogP) is 3.90. The normalized spacial score (nSPS) is 19.1. The molecule has 2 rings (SSSR count). The predicted molar refractivity (Wildman–Crippen MR) is 86.0 cm³/mol. The number of piperidine rings is 1. The summed E-state index contributed by atoms with van der Waals surface area (Å²) in [6, 6.07) is 0.933. The van der Waals surface area contributed by atoms with Gasteiger partial charge in [-0.3, -0.25) is 9.69 Å². The van der Waals surface area contributed by atoms with E-state index >= 15 is 0 Å². The van der Waals surface area contributed by atoms with Gasteiger partial charge in [0.2, 0.25) is 5.91 Å². The number of halogens is 6. The Kier molecular flexibility index (Phi) is 6.74. The Labute approximate surface area is 152 Å². The Morgan fingerprint density at radius 2 is 1.67 bits per heavy atom. The summed E-state index contributed by atoms with van der Waals surface area (Å²) in [6.07, 6.45) is -6.95. The van der Waals surface area contributed by atoms with Gasteiger partial charge in [-0.25, -0.2) is 0 Å². The number of alkyl halides is 6. The minimum atomic E-state index is -4.97. The van der Waals surface area contributed by atoms with Gasteiger partial charge >= 0.3 is 12.4 Å². The highest BCUT2D eigenvalue weighted by Gasteiger charge is 2.37. The minimum Gasteiger partial charge on any atom is -0.396 e. The van der Waals surface area contributed by atoms with Crippen LogP contribution >= 0.6 is 0 Å². The Hall–Kier alpha value is -1.81. The number of rotatable bonds is 5. The molecule has 2 N–H and O–H groups in total. The summed E-state index contributed by atoms with van der Waals surface area (Å²) in [4.78, 5) is 14.0. The van der Waals surface area contributed by atoms with E-state index in [0.717, 1.165) is 19.3 Å². The molecule has 0 aliphatic carbocycles. The number of nitrogens with one attached hydrogen (secondary N) is 1. The molecule has 4 nitrogen and oxygen atoms in total. The van der Waals surface area contributed by atoms with Crippen molar-refractivity contribution in [3.63, 3.8) is 0 Å². The van der Waals surface area contributed by atoms with E-state index in [0.29, 0.717) is 25.1 Å². The molecule has 0 bridgehead atoms. The number of likely N-dealkylation sites (tertiary alicyclic amines) is 1. The average molecular weight is 398 g/mol. The van der Waals surface area contributed by atoms with Crippen LogP contribution in [0.25, 0.3) is 0 Å². The molecule has 0 radical (unpaired) electrons. The van der Waals surface area contributed by atoms with Crippen LogP contribution in [0.15, 0.2) is 18.2 Å². The van der Waals surface area contributed by atoms with Gasteiger partial charge in [-0.2, -0.15) is 26.3 Å². The fourth-order valence-corrected chi connectivity index (χ4v) is 3.16. The molecule has 1 aliphatic rings. The van der Waals surface area contributed by atoms with Crippen LogP contribution in [0.1, 0.15) is 36.8 Å². The Morgan fingerprint density at radius 3 is 2.19 bits per heavy atom. The molecule has 1 amide bonds. The summed E-state index contributed by atoms with van der Waals surface area (Å²) in [5, 5.41) is 11.2.